The van der Waals surface area contributed by atoms with Gasteiger partial charge < -0.3 is 18.9 Å². The Balaban J connectivity index is 1.49. The summed E-state index contributed by atoms with van der Waals surface area (Å²) >= 11 is 0. The summed E-state index contributed by atoms with van der Waals surface area (Å²) < 4.78 is 23.4. The van der Waals surface area contributed by atoms with Gasteiger partial charge in [-0.3, -0.25) is 0 Å². The monoisotopic (exact) mass is 458 g/mol. The first-order valence-electron chi connectivity index (χ1n) is 11.8. The van der Waals surface area contributed by atoms with E-state index in [1.165, 1.54) is 0 Å². The van der Waals surface area contributed by atoms with Crippen LogP contribution in [-0.4, -0.2) is 31.5 Å². The largest absolute Gasteiger partial charge is 0.497 e. The molecule has 0 aromatic heterocycles. The molecule has 0 bridgehead atoms. The smallest absolute Gasteiger partial charge is 0.214 e. The number of hydrogen-bond donors (Lipinski definition) is 0. The number of nitrogens with zero attached hydrogens (tertiary/aromatic N) is 2. The Morgan fingerprint density at radius 2 is 1.71 bits per heavy atom. The van der Waals surface area contributed by atoms with Gasteiger partial charge in [0.15, 0.2) is 11.5 Å². The summed E-state index contributed by atoms with van der Waals surface area (Å²) in [6.45, 7) is 2.89. The maximum atomic E-state index is 6.55. The zero-order valence-corrected chi connectivity index (χ0v) is 19.9. The zero-order valence-electron chi connectivity index (χ0n) is 19.9. The number of methoxy groups -OCH3 is 2. The van der Waals surface area contributed by atoms with Crippen molar-refractivity contribution in [3.8, 4) is 23.0 Å². The van der Waals surface area contributed by atoms with Gasteiger partial charge in [-0.05, 0) is 66.6 Å². The number of fused-ring (bicyclic) bond motifs is 3. The molecule has 6 heteroatoms. The molecular formula is C28H30N2O4. The van der Waals surface area contributed by atoms with Gasteiger partial charge in [-0.2, -0.15) is 5.10 Å². The summed E-state index contributed by atoms with van der Waals surface area (Å²) in [6, 6.07) is 22.3. The van der Waals surface area contributed by atoms with E-state index in [1.54, 1.807) is 14.2 Å². The molecule has 2 aliphatic heterocycles. The molecular weight excluding hydrogens is 428 g/mol. The third kappa shape index (κ3) is 4.16. The Labute approximate surface area is 200 Å². The lowest BCUT2D eigenvalue weighted by molar-refractivity contribution is -0.0209. The molecule has 2 heterocycles. The predicted octanol–water partition coefficient (Wildman–Crippen LogP) is 6.13. The second kappa shape index (κ2) is 9.67. The van der Waals surface area contributed by atoms with Gasteiger partial charge in [0.1, 0.15) is 11.5 Å². The van der Waals surface area contributed by atoms with Gasteiger partial charge >= 0.3 is 0 Å². The summed E-state index contributed by atoms with van der Waals surface area (Å²) in [5.74, 6) is 3.22. The average molecular weight is 459 g/mol. The molecule has 0 spiro atoms. The molecule has 3 aromatic carbocycles. The van der Waals surface area contributed by atoms with Crippen LogP contribution >= 0.6 is 0 Å². The summed E-state index contributed by atoms with van der Waals surface area (Å²) in [5, 5.41) is 7.12. The first kappa shape index (κ1) is 22.1. The lowest BCUT2D eigenvalue weighted by Crippen LogP contribution is -2.33. The first-order chi connectivity index (χ1) is 16.7. The summed E-state index contributed by atoms with van der Waals surface area (Å²) in [7, 11) is 3.35. The summed E-state index contributed by atoms with van der Waals surface area (Å²) in [6.07, 6.45) is 2.57. The van der Waals surface area contributed by atoms with Crippen LogP contribution in [0.15, 0.2) is 71.8 Å². The van der Waals surface area contributed by atoms with Crippen LogP contribution in [0.5, 0.6) is 23.0 Å². The molecule has 3 aromatic rings. The lowest BCUT2D eigenvalue weighted by Gasteiger charge is -2.38. The van der Waals surface area contributed by atoms with Gasteiger partial charge in [-0.25, -0.2) is 5.01 Å². The summed E-state index contributed by atoms with van der Waals surface area (Å²) in [5.41, 5.74) is 4.21. The van der Waals surface area contributed by atoms with Crippen molar-refractivity contribution < 1.29 is 18.9 Å². The predicted molar refractivity (Wildman–Crippen MR) is 132 cm³/mol. The van der Waals surface area contributed by atoms with Crippen molar-refractivity contribution in [3.05, 3.63) is 83.4 Å². The molecule has 34 heavy (non-hydrogen) atoms. The molecule has 5 rings (SSSR count). The number of hydrazone groups is 1. The molecule has 6 nitrogen and oxygen atoms in total. The summed E-state index contributed by atoms with van der Waals surface area (Å²) in [4.78, 5) is 0. The molecule has 0 saturated heterocycles. The van der Waals surface area contributed by atoms with E-state index < -0.39 is 0 Å². The van der Waals surface area contributed by atoms with Crippen LogP contribution < -0.4 is 18.9 Å². The molecule has 176 valence electrons. The average Bonchev–Trinajstić information content (AvgIpc) is 3.34. The maximum absolute atomic E-state index is 6.55. The molecule has 0 N–H and O–H groups in total. The van der Waals surface area contributed by atoms with E-state index in [4.69, 9.17) is 24.0 Å². The van der Waals surface area contributed by atoms with Gasteiger partial charge in [-0.1, -0.05) is 25.5 Å². The zero-order chi connectivity index (χ0) is 23.5. The Morgan fingerprint density at radius 3 is 2.41 bits per heavy atom. The van der Waals surface area contributed by atoms with Gasteiger partial charge in [0.25, 0.3) is 0 Å². The normalized spacial score (nSPS) is 18.4. The number of unbranched alkanes of at least 4 members (excludes halogenated alkanes) is 1. The van der Waals surface area contributed by atoms with Crippen LogP contribution in [0.3, 0.4) is 0 Å². The minimum atomic E-state index is -0.366. The molecule has 2 atom stereocenters. The highest BCUT2D eigenvalue weighted by molar-refractivity contribution is 6.02. The fourth-order valence-electron chi connectivity index (χ4n) is 4.49. The topological polar surface area (TPSA) is 52.5 Å². The fourth-order valence-corrected chi connectivity index (χ4v) is 4.49. The van der Waals surface area contributed by atoms with E-state index >= 15 is 0 Å². The fraction of sp³-hybridized carbons (Fsp3) is 0.321. The van der Waals surface area contributed by atoms with Crippen molar-refractivity contribution in [1.29, 1.82) is 0 Å². The van der Waals surface area contributed by atoms with Crippen LogP contribution in [-0.2, 0) is 0 Å². The molecule has 0 amide bonds. The third-order valence-corrected chi connectivity index (χ3v) is 6.36. The van der Waals surface area contributed by atoms with E-state index in [0.717, 1.165) is 71.3 Å². The molecule has 2 aliphatic rings. The van der Waals surface area contributed by atoms with Gasteiger partial charge in [0, 0.05) is 17.5 Å². The SMILES string of the molecule is CCCCOc1ccc([C@@H]2Oc3c(OC)cccc3[C@H]3CC(c4ccc(OC)cc4)=NN32)cc1. The molecule has 0 radical (unpaired) electrons. The molecule has 0 fully saturated rings. The highest BCUT2D eigenvalue weighted by Gasteiger charge is 2.42. The van der Waals surface area contributed by atoms with E-state index in [9.17, 15) is 0 Å². The molecule has 0 unspecified atom stereocenters. The highest BCUT2D eigenvalue weighted by atomic mass is 16.5. The van der Waals surface area contributed by atoms with Crippen LogP contribution in [0.4, 0.5) is 0 Å². The minimum absolute atomic E-state index is 0.0569. The molecule has 0 saturated carbocycles. The second-order valence-electron chi connectivity index (χ2n) is 8.50. The number of rotatable bonds is 8. The number of para-hydroxylation sites is 1. The standard InChI is InChI=1S/C28H30N2O4/c1-4-5-17-33-22-15-11-20(12-16-22)28-30-25(23-7-6-8-26(32-3)27(23)34-28)18-24(29-30)19-9-13-21(31-2)14-10-19/h6-16,25,28H,4-5,17-18H2,1-3H3/t25-,28+/m1/s1. The Morgan fingerprint density at radius 1 is 0.941 bits per heavy atom. The third-order valence-electron chi connectivity index (χ3n) is 6.36. The van der Waals surface area contributed by atoms with Crippen LogP contribution in [0.25, 0.3) is 0 Å². The van der Waals surface area contributed by atoms with Gasteiger partial charge in [-0.15, -0.1) is 0 Å². The van der Waals surface area contributed by atoms with E-state index in [0.29, 0.717) is 0 Å². The Hall–Kier alpha value is -3.67. The number of hydrogen-bond acceptors (Lipinski definition) is 6. The van der Waals surface area contributed by atoms with Crippen LogP contribution in [0.2, 0.25) is 0 Å². The Kier molecular flexibility index (Phi) is 6.30. The van der Waals surface area contributed by atoms with Gasteiger partial charge in [0.2, 0.25) is 6.23 Å². The van der Waals surface area contributed by atoms with Crippen molar-refractivity contribution in [2.45, 2.75) is 38.5 Å². The van der Waals surface area contributed by atoms with Crippen LogP contribution in [0.1, 0.15) is 55.1 Å². The maximum Gasteiger partial charge on any atom is 0.214 e. The van der Waals surface area contributed by atoms with Crippen molar-refractivity contribution >= 4 is 5.71 Å². The first-order valence-corrected chi connectivity index (χ1v) is 11.8. The minimum Gasteiger partial charge on any atom is -0.497 e. The Bertz CT molecular complexity index is 1160. The van der Waals surface area contributed by atoms with Gasteiger partial charge in [0.05, 0.1) is 32.6 Å². The number of benzene rings is 3. The van der Waals surface area contributed by atoms with Crippen molar-refractivity contribution in [2.75, 3.05) is 20.8 Å². The lowest BCUT2D eigenvalue weighted by atomic mass is 9.95. The van der Waals surface area contributed by atoms with Crippen molar-refractivity contribution in [3.63, 3.8) is 0 Å². The van der Waals surface area contributed by atoms with Crippen molar-refractivity contribution in [1.82, 2.24) is 5.01 Å². The second-order valence-corrected chi connectivity index (χ2v) is 8.50. The highest BCUT2D eigenvalue weighted by Crippen LogP contribution is 2.50. The van der Waals surface area contributed by atoms with E-state index in [-0.39, 0.29) is 12.3 Å². The quantitative estimate of drug-likeness (QED) is 0.380. The van der Waals surface area contributed by atoms with Crippen molar-refractivity contribution in [2.24, 2.45) is 5.10 Å². The van der Waals surface area contributed by atoms with E-state index in [1.807, 2.05) is 36.4 Å². The molecule has 0 aliphatic carbocycles. The van der Waals surface area contributed by atoms with Crippen LogP contribution in [0, 0.1) is 0 Å². The number of ether oxygens (including phenoxy) is 4. The van der Waals surface area contributed by atoms with E-state index in [2.05, 4.69) is 42.3 Å².